The van der Waals surface area contributed by atoms with Crippen LogP contribution in [0, 0.1) is 17.5 Å². The highest BCUT2D eigenvalue weighted by molar-refractivity contribution is 7.09. The van der Waals surface area contributed by atoms with Crippen molar-refractivity contribution in [1.29, 1.82) is 0 Å². The summed E-state index contributed by atoms with van der Waals surface area (Å²) in [6, 6.07) is 41.3. The number of hydrogen-bond acceptors (Lipinski definition) is 20. The van der Waals surface area contributed by atoms with Crippen LogP contribution in [0.4, 0.5) is 19.1 Å². The topological polar surface area (TPSA) is 469 Å². The van der Waals surface area contributed by atoms with E-state index in [1.54, 1.807) is 103 Å². The van der Waals surface area contributed by atoms with Crippen molar-refractivity contribution in [2.24, 2.45) is 55.9 Å². The number of aliphatic imine (C=N–C) groups is 2. The molecule has 1 aliphatic heterocycles. The summed E-state index contributed by atoms with van der Waals surface area (Å²) in [6.45, 7) is 10.0. The molecule has 36 heteroatoms. The minimum atomic E-state index is -0.531. The summed E-state index contributed by atoms with van der Waals surface area (Å²) in [5, 5.41) is 15.6. The van der Waals surface area contributed by atoms with Crippen molar-refractivity contribution in [1.82, 2.24) is 69.2 Å². The lowest BCUT2D eigenvalue weighted by atomic mass is 9.87. The predicted molar refractivity (Wildman–Crippen MR) is 524 cm³/mol. The number of fused-ring (bicyclic) bond motifs is 3. The van der Waals surface area contributed by atoms with Crippen LogP contribution in [0.25, 0.3) is 83.9 Å². The van der Waals surface area contributed by atoms with Gasteiger partial charge in [-0.1, -0.05) is 71.2 Å². The van der Waals surface area contributed by atoms with Crippen LogP contribution in [0.1, 0.15) is 142 Å². The number of nitrogens with two attached hydrogens (primary N) is 8. The molecule has 29 nitrogen and oxygen atoms in total. The molecule has 9 heterocycles. The van der Waals surface area contributed by atoms with E-state index in [1.165, 1.54) is 19.3 Å². The predicted octanol–water partition coefficient (Wildman–Crippen LogP) is 14.4. The molecule has 0 amide bonds. The van der Waals surface area contributed by atoms with Gasteiger partial charge in [-0.3, -0.25) is 23.7 Å². The van der Waals surface area contributed by atoms with Crippen molar-refractivity contribution in [2.75, 3.05) is 38.1 Å². The third kappa shape index (κ3) is 27.1. The summed E-state index contributed by atoms with van der Waals surface area (Å²) in [6.07, 6.45) is 23.9. The van der Waals surface area contributed by atoms with E-state index in [9.17, 15) is 14.4 Å². The Morgan fingerprint density at radius 1 is 0.523 bits per heavy atom. The van der Waals surface area contributed by atoms with Gasteiger partial charge in [0.15, 0.2) is 29.4 Å². The van der Waals surface area contributed by atoms with Crippen molar-refractivity contribution < 1.29 is 17.9 Å². The van der Waals surface area contributed by atoms with Gasteiger partial charge < -0.3 is 81.5 Å². The Morgan fingerprint density at radius 3 is 1.33 bits per heavy atom. The van der Waals surface area contributed by atoms with E-state index in [0.717, 1.165) is 141 Å². The van der Waals surface area contributed by atoms with Crippen molar-refractivity contribution in [3.63, 3.8) is 0 Å². The molecule has 14 aromatic rings. The molecule has 1 aliphatic rings. The van der Waals surface area contributed by atoms with Gasteiger partial charge in [0.2, 0.25) is 5.95 Å². The summed E-state index contributed by atoms with van der Waals surface area (Å²) in [7, 11) is 0. The Morgan fingerprint density at radius 2 is 0.932 bits per heavy atom. The zero-order chi connectivity index (χ0) is 93.5. The molecule has 1 fully saturated rings. The fourth-order valence-corrected chi connectivity index (χ4v) is 17.3. The number of aromatic nitrogens is 12. The lowest BCUT2D eigenvalue weighted by Crippen LogP contribution is -2.36. The van der Waals surface area contributed by atoms with Crippen LogP contribution in [0.2, 0.25) is 15.1 Å². The summed E-state index contributed by atoms with van der Waals surface area (Å²) in [5.41, 5.74) is 55.8. The molecule has 1 saturated heterocycles. The van der Waals surface area contributed by atoms with Crippen molar-refractivity contribution in [2.45, 2.75) is 179 Å². The molecule has 0 radical (unpaired) electrons. The highest BCUT2D eigenvalue weighted by Crippen LogP contribution is 2.37. The van der Waals surface area contributed by atoms with Crippen LogP contribution < -0.4 is 78.9 Å². The maximum absolute atomic E-state index is 15.1. The molecule has 8 aromatic heterocycles. The Kier molecular flexibility index (Phi) is 34.6. The number of halogens is 6. The number of rotatable bonds is 39. The molecule has 0 bridgehead atoms. The fourth-order valence-electron chi connectivity index (χ4n) is 16.0. The minimum Gasteiger partial charge on any atom is -0.378 e. The van der Waals surface area contributed by atoms with E-state index in [1.807, 2.05) is 93.0 Å². The third-order valence-corrected chi connectivity index (χ3v) is 24.6. The number of nitrogens with zero attached hydrogens (tertiary/aromatic N) is 11. The lowest BCUT2D eigenvalue weighted by Gasteiger charge is -2.29. The molecule has 0 saturated carbocycles. The number of nitrogens with one attached hydrogen (secondary N) is 6. The van der Waals surface area contributed by atoms with Gasteiger partial charge >= 0.3 is 17.1 Å². The van der Waals surface area contributed by atoms with Gasteiger partial charge in [-0.15, -0.1) is 11.3 Å². The molecular weight excluding hydrogens is 1760 g/mol. The smallest absolute Gasteiger partial charge is 0.354 e. The van der Waals surface area contributed by atoms with Crippen LogP contribution in [0.3, 0.4) is 0 Å². The summed E-state index contributed by atoms with van der Waals surface area (Å²) in [4.78, 5) is 82.0. The Hall–Kier alpha value is -12.0. The summed E-state index contributed by atoms with van der Waals surface area (Å²) in [5.74, 6) is -0.487. The lowest BCUT2D eigenvalue weighted by molar-refractivity contribution is 0.00348. The number of thiazole rings is 1. The normalized spacial score (nSPS) is 14.4. The monoisotopic (exact) mass is 1870 g/mol. The molecule has 6 aromatic carbocycles. The zero-order valence-corrected chi connectivity index (χ0v) is 77.0. The van der Waals surface area contributed by atoms with Crippen LogP contribution in [-0.4, -0.2) is 140 Å². The van der Waals surface area contributed by atoms with Gasteiger partial charge in [-0.05, 0) is 260 Å². The highest BCUT2D eigenvalue weighted by Gasteiger charge is 2.26. The zero-order valence-electron chi connectivity index (χ0n) is 73.9. The molecular formula is C96H113Cl3F3N25O4S. The van der Waals surface area contributed by atoms with Gasteiger partial charge in [-0.25, -0.2) is 42.5 Å². The van der Waals surface area contributed by atoms with Gasteiger partial charge in [0.1, 0.15) is 16.9 Å². The second-order valence-electron chi connectivity index (χ2n) is 33.5. The average Bonchev–Trinajstić information content (AvgIpc) is 1.64. The average molecular weight is 1880 g/mol. The van der Waals surface area contributed by atoms with E-state index in [4.69, 9.17) is 85.4 Å². The van der Waals surface area contributed by atoms with E-state index >= 15 is 13.2 Å². The van der Waals surface area contributed by atoms with Gasteiger partial charge in [-0.2, -0.15) is 15.0 Å². The van der Waals surface area contributed by atoms with Crippen LogP contribution in [0.5, 0.6) is 0 Å². The van der Waals surface area contributed by atoms with Crippen molar-refractivity contribution in [3.8, 4) is 50.8 Å². The van der Waals surface area contributed by atoms with Gasteiger partial charge in [0.05, 0.1) is 60.3 Å². The Bertz CT molecular complexity index is 6420. The van der Waals surface area contributed by atoms with Crippen LogP contribution in [0.15, 0.2) is 200 Å². The Labute approximate surface area is 781 Å². The third-order valence-electron chi connectivity index (χ3n) is 23.0. The number of hydrogen-bond donors (Lipinski definition) is 14. The van der Waals surface area contributed by atoms with Gasteiger partial charge in [0.25, 0.3) is 0 Å². The van der Waals surface area contributed by atoms with Gasteiger partial charge in [0, 0.05) is 151 Å². The Balaban J connectivity index is 0.000000169. The van der Waals surface area contributed by atoms with Crippen molar-refractivity contribution >= 4 is 97.1 Å². The molecule has 22 N–H and O–H groups in total. The van der Waals surface area contributed by atoms with E-state index in [2.05, 4.69) is 82.9 Å². The number of aryl methyl sites for hydroxylation is 4. The second-order valence-corrected chi connectivity index (χ2v) is 35.7. The second kappa shape index (κ2) is 46.9. The number of aromatic amines is 3. The van der Waals surface area contributed by atoms with Crippen LogP contribution >= 0.6 is 46.1 Å². The van der Waals surface area contributed by atoms with E-state index in [0.29, 0.717) is 136 Å². The van der Waals surface area contributed by atoms with Crippen molar-refractivity contribution in [3.05, 3.63) is 278 Å². The summed E-state index contributed by atoms with van der Waals surface area (Å²) >= 11 is 20.4. The highest BCUT2D eigenvalue weighted by atomic mass is 35.5. The minimum absolute atomic E-state index is 0.0219. The molecule has 0 unspecified atom stereocenters. The first-order valence-corrected chi connectivity index (χ1v) is 46.3. The number of ether oxygens (including phenoxy) is 1. The first kappa shape index (κ1) is 97.5. The first-order chi connectivity index (χ1) is 63.6. The maximum atomic E-state index is 15.1. The number of guanidine groups is 2. The van der Waals surface area contributed by atoms with E-state index < -0.39 is 34.5 Å². The quantitative estimate of drug-likeness (QED) is 0.0126. The molecule has 7 atom stereocenters. The molecule has 15 rings (SSSR count). The number of anilines is 1. The van der Waals surface area contributed by atoms with E-state index in [-0.39, 0.29) is 63.3 Å². The number of benzene rings is 6. The summed E-state index contributed by atoms with van der Waals surface area (Å²) < 4.78 is 55.6. The SMILES string of the molecule is C[C@H](N)CCCc1cc(Cl)c(F)c(-c2cc3cn(-c4ccc(CN[C@@H](CCN=C(N)N)CCc5nccs5)cc4)c(=O)nc3[nH]2)c1.C[C@H](N)CCCc1cc(Cl)c(F)c(-c2cc3cn(-c4ccc(CN[C@H](CCN=C(N)N)CNc5ncccn5)cc4)c(=O)nc3[nH]2)c1.C[C@H](N)CCCc1cc(Cl)c(F)c(-c2cc3cn(-c4ccc([C@@H]5CCO[C@@H](CCN)C5)cc4)c(=O)nc3[nH]2)c1. The molecule has 0 spiro atoms. The first-order valence-electron chi connectivity index (χ1n) is 44.3. The molecule has 132 heavy (non-hydrogen) atoms. The number of H-pyrrole nitrogens is 3. The largest absolute Gasteiger partial charge is 0.378 e. The van der Waals surface area contributed by atoms with Crippen LogP contribution in [-0.2, 0) is 43.5 Å². The molecule has 694 valence electrons. The standard InChI is InChI=1S/C33H39ClFN11O.C33H39ClFN9OS.C30H35ClFN5O2/c1-20(36)4-2-5-22-14-26(29(35)27(34)15-22)28-16-23-19-46(33(47)45-30(23)44-28)25-8-6-21(7-9-25)17-42-24(10-13-39-31(37)38)18-43-32-40-11-3-12-41-32;1-20(36)3-2-4-22-15-26(30(35)27(34)16-22)28-17-23-19-44(33(45)43-31(23)42-28)25-8-5-21(6-9-25)18-41-24(11-12-40-32(37)38)7-10-29-39-13-14-46-29;1-18(34)3-2-4-19-13-25(28(32)26(31)14-19)27-16-22-17-37(30(38)36-29(22)35-27)23-7-5-20(6-8-23)21-10-12-39-24(15-21)9-11-33/h3,6-9,11-12,14-16,19-20,24,42H,2,4-5,10,13,17-18,36H2,1H3,(H4,37,38,39)(H,40,41,43)(H,44,45,47);5-6,8-9,13-17,19-20,24,41H,2-4,7,10-12,18,36H2,1H3,(H4,37,38,40)(H,42,43,45);5-8,13-14,16-18,21,24H,2-4,9-12,15,33-34H2,1H3,(H,35,36,38)/t2*20-,24+;18-,21+,24-/m000/s1. The maximum Gasteiger partial charge on any atom is 0.354 e. The molecule has 0 aliphatic carbocycles. The fraction of sp³-hybridized carbons (Fsp3) is 0.344.